The summed E-state index contributed by atoms with van der Waals surface area (Å²) in [5.74, 6) is 0.156. The summed E-state index contributed by atoms with van der Waals surface area (Å²) >= 11 is 1.63. The van der Waals surface area contributed by atoms with Crippen LogP contribution in [0.25, 0.3) is 10.6 Å². The second kappa shape index (κ2) is 7.68. The number of hydrogen-bond donors (Lipinski definition) is 0. The standard InChI is InChI=1S/C23H22N2O2S/c1-17(26)23(19-6-3-2-4-7-19)11-13-25(14-12-23)22(27)18-9-10-20(24-16-18)21-8-5-15-28-21/h2-10,15-16H,11-14H2,1H3. The van der Waals surface area contributed by atoms with Crippen LogP contribution in [0.15, 0.2) is 66.2 Å². The van der Waals surface area contributed by atoms with E-state index in [2.05, 4.69) is 4.98 Å². The summed E-state index contributed by atoms with van der Waals surface area (Å²) in [5, 5.41) is 2.01. The number of hydrogen-bond acceptors (Lipinski definition) is 4. The summed E-state index contributed by atoms with van der Waals surface area (Å²) < 4.78 is 0. The van der Waals surface area contributed by atoms with Gasteiger partial charge in [-0.1, -0.05) is 36.4 Å². The van der Waals surface area contributed by atoms with Crippen molar-refractivity contribution >= 4 is 23.0 Å². The highest BCUT2D eigenvalue weighted by Gasteiger charge is 2.41. The van der Waals surface area contributed by atoms with Crippen LogP contribution in [0.5, 0.6) is 0 Å². The lowest BCUT2D eigenvalue weighted by molar-refractivity contribution is -0.124. The number of Topliss-reactive ketones (excluding diaryl/α,β-unsaturated/α-hetero) is 1. The molecular weight excluding hydrogens is 368 g/mol. The van der Waals surface area contributed by atoms with Gasteiger partial charge in [-0.2, -0.15) is 0 Å². The molecule has 1 saturated heterocycles. The second-order valence-corrected chi connectivity index (χ2v) is 8.15. The summed E-state index contributed by atoms with van der Waals surface area (Å²) in [4.78, 5) is 32.8. The van der Waals surface area contributed by atoms with Gasteiger partial charge in [-0.25, -0.2) is 0 Å². The third-order valence-corrected chi connectivity index (χ3v) is 6.58. The molecule has 142 valence electrons. The van der Waals surface area contributed by atoms with Crippen LogP contribution < -0.4 is 0 Å². The van der Waals surface area contributed by atoms with Crippen LogP contribution in [0.4, 0.5) is 0 Å². The Kier molecular flexibility index (Phi) is 5.09. The van der Waals surface area contributed by atoms with Gasteiger partial charge < -0.3 is 4.90 Å². The van der Waals surface area contributed by atoms with Gasteiger partial charge in [0, 0.05) is 19.3 Å². The molecule has 1 aromatic carbocycles. The fourth-order valence-corrected chi connectivity index (χ4v) is 4.67. The van der Waals surface area contributed by atoms with Crippen LogP contribution in [-0.2, 0) is 10.2 Å². The van der Waals surface area contributed by atoms with E-state index in [-0.39, 0.29) is 11.7 Å². The first-order valence-corrected chi connectivity index (χ1v) is 10.3. The van der Waals surface area contributed by atoms with Gasteiger partial charge in [-0.15, -0.1) is 11.3 Å². The molecule has 1 fully saturated rings. The molecule has 0 atom stereocenters. The van der Waals surface area contributed by atoms with Crippen LogP contribution >= 0.6 is 11.3 Å². The highest BCUT2D eigenvalue weighted by molar-refractivity contribution is 7.13. The van der Waals surface area contributed by atoms with Crippen molar-refractivity contribution in [3.8, 4) is 10.6 Å². The van der Waals surface area contributed by atoms with Crippen molar-refractivity contribution in [1.82, 2.24) is 9.88 Å². The van der Waals surface area contributed by atoms with Gasteiger partial charge in [0.2, 0.25) is 0 Å². The molecule has 5 heteroatoms. The second-order valence-electron chi connectivity index (χ2n) is 7.21. The number of benzene rings is 1. The van der Waals surface area contributed by atoms with E-state index < -0.39 is 5.41 Å². The molecule has 2 aromatic heterocycles. The zero-order chi connectivity index (χ0) is 19.6. The highest BCUT2D eigenvalue weighted by Crippen LogP contribution is 2.36. The normalized spacial score (nSPS) is 16.0. The van der Waals surface area contributed by atoms with Crippen LogP contribution in [0, 0.1) is 0 Å². The minimum Gasteiger partial charge on any atom is -0.339 e. The molecule has 0 N–H and O–H groups in total. The molecule has 0 aliphatic carbocycles. The molecule has 0 spiro atoms. The zero-order valence-electron chi connectivity index (χ0n) is 15.8. The molecular formula is C23H22N2O2S. The molecule has 1 aliphatic heterocycles. The highest BCUT2D eigenvalue weighted by atomic mass is 32.1. The molecule has 4 rings (SSSR count). The Bertz CT molecular complexity index is 958. The first kappa shape index (κ1) is 18.6. The molecule has 0 bridgehead atoms. The summed E-state index contributed by atoms with van der Waals surface area (Å²) in [6, 6.07) is 17.7. The lowest BCUT2D eigenvalue weighted by Gasteiger charge is -2.40. The zero-order valence-corrected chi connectivity index (χ0v) is 16.6. The molecule has 1 aliphatic rings. The number of ketones is 1. The Morgan fingerprint density at radius 1 is 1.00 bits per heavy atom. The van der Waals surface area contributed by atoms with Crippen molar-refractivity contribution in [1.29, 1.82) is 0 Å². The van der Waals surface area contributed by atoms with Crippen LogP contribution in [0.3, 0.4) is 0 Å². The SMILES string of the molecule is CC(=O)C1(c2ccccc2)CCN(C(=O)c2ccc(-c3cccs3)nc2)CC1. The van der Waals surface area contributed by atoms with Crippen molar-refractivity contribution in [3.05, 3.63) is 77.3 Å². The molecule has 28 heavy (non-hydrogen) atoms. The average molecular weight is 391 g/mol. The Labute approximate surface area is 168 Å². The number of likely N-dealkylation sites (tertiary alicyclic amines) is 1. The molecule has 3 heterocycles. The van der Waals surface area contributed by atoms with Gasteiger partial charge in [0.25, 0.3) is 5.91 Å². The van der Waals surface area contributed by atoms with Gasteiger partial charge in [-0.3, -0.25) is 14.6 Å². The van der Waals surface area contributed by atoms with Gasteiger partial charge in [0.05, 0.1) is 21.5 Å². The van der Waals surface area contributed by atoms with E-state index in [1.165, 1.54) is 0 Å². The van der Waals surface area contributed by atoms with E-state index >= 15 is 0 Å². The molecule has 0 radical (unpaired) electrons. The summed E-state index contributed by atoms with van der Waals surface area (Å²) in [6.45, 7) is 2.80. The largest absolute Gasteiger partial charge is 0.339 e. The number of amides is 1. The molecule has 3 aromatic rings. The van der Waals surface area contributed by atoms with E-state index in [1.54, 1.807) is 24.5 Å². The maximum atomic E-state index is 12.9. The van der Waals surface area contributed by atoms with Crippen LogP contribution in [0.2, 0.25) is 0 Å². The topological polar surface area (TPSA) is 50.3 Å². The predicted molar refractivity (Wildman–Crippen MR) is 111 cm³/mol. The number of thiophene rings is 1. The van der Waals surface area contributed by atoms with E-state index in [1.807, 2.05) is 64.9 Å². The summed E-state index contributed by atoms with van der Waals surface area (Å²) in [5.41, 5.74) is 2.04. The Morgan fingerprint density at radius 3 is 2.32 bits per heavy atom. The minimum atomic E-state index is -0.487. The minimum absolute atomic E-state index is 0.0181. The number of rotatable bonds is 4. The monoisotopic (exact) mass is 390 g/mol. The maximum absolute atomic E-state index is 12.9. The fourth-order valence-electron chi connectivity index (χ4n) is 3.97. The molecule has 1 amide bonds. The van der Waals surface area contributed by atoms with Crippen LogP contribution in [-0.4, -0.2) is 34.7 Å². The van der Waals surface area contributed by atoms with E-state index in [0.717, 1.165) is 16.1 Å². The third-order valence-electron chi connectivity index (χ3n) is 5.69. The van der Waals surface area contributed by atoms with Crippen LogP contribution in [0.1, 0.15) is 35.7 Å². The Balaban J connectivity index is 1.48. The predicted octanol–water partition coefficient (Wildman–Crippen LogP) is 4.57. The number of carbonyl (C=O) groups is 2. The fraction of sp³-hybridized carbons (Fsp3) is 0.261. The van der Waals surface area contributed by atoms with Crippen molar-refractivity contribution in [3.63, 3.8) is 0 Å². The smallest absolute Gasteiger partial charge is 0.255 e. The maximum Gasteiger partial charge on any atom is 0.255 e. The van der Waals surface area contributed by atoms with Gasteiger partial charge in [0.15, 0.2) is 0 Å². The molecule has 0 saturated carbocycles. The average Bonchev–Trinajstić information content (AvgIpc) is 3.29. The van der Waals surface area contributed by atoms with Crippen molar-refractivity contribution in [2.45, 2.75) is 25.2 Å². The Morgan fingerprint density at radius 2 is 1.75 bits per heavy atom. The van der Waals surface area contributed by atoms with E-state index in [0.29, 0.717) is 31.5 Å². The van der Waals surface area contributed by atoms with Gasteiger partial charge >= 0.3 is 0 Å². The van der Waals surface area contributed by atoms with Crippen molar-refractivity contribution in [2.24, 2.45) is 0 Å². The first-order valence-electron chi connectivity index (χ1n) is 9.46. The third kappa shape index (κ3) is 3.38. The Hall–Kier alpha value is -2.79. The number of carbonyl (C=O) groups excluding carboxylic acids is 2. The van der Waals surface area contributed by atoms with Crippen molar-refractivity contribution < 1.29 is 9.59 Å². The lowest BCUT2D eigenvalue weighted by Crippen LogP contribution is -2.48. The van der Waals surface area contributed by atoms with E-state index in [4.69, 9.17) is 0 Å². The van der Waals surface area contributed by atoms with E-state index in [9.17, 15) is 9.59 Å². The van der Waals surface area contributed by atoms with Gasteiger partial charge in [-0.05, 0) is 48.9 Å². The first-order chi connectivity index (χ1) is 13.6. The number of pyridine rings is 1. The quantitative estimate of drug-likeness (QED) is 0.655. The molecule has 0 unspecified atom stereocenters. The summed E-state index contributed by atoms with van der Waals surface area (Å²) in [7, 11) is 0. The van der Waals surface area contributed by atoms with Gasteiger partial charge in [0.1, 0.15) is 5.78 Å². The van der Waals surface area contributed by atoms with Crippen molar-refractivity contribution in [2.75, 3.05) is 13.1 Å². The summed E-state index contributed by atoms with van der Waals surface area (Å²) in [6.07, 6.45) is 2.96. The lowest BCUT2D eigenvalue weighted by atomic mass is 9.70. The molecule has 4 nitrogen and oxygen atoms in total. The number of nitrogens with zero attached hydrogens (tertiary/aromatic N) is 2. The number of aromatic nitrogens is 1. The number of piperidine rings is 1.